The standard InChI is InChI=1S/C11H14N2O2/c1-2-13-6-5-12-9-4-3-8(11(14)15)7-10(9)13/h3-4,7,12H,2,5-6H2,1H3,(H,14,15). The number of carboxylic acids is 1. The molecule has 80 valence electrons. The van der Waals surface area contributed by atoms with Crippen LogP contribution in [-0.4, -0.2) is 30.7 Å². The summed E-state index contributed by atoms with van der Waals surface area (Å²) >= 11 is 0. The predicted octanol–water partition coefficient (Wildman–Crippen LogP) is 1.64. The number of aromatic carboxylic acids is 1. The number of hydrogen-bond acceptors (Lipinski definition) is 3. The highest BCUT2D eigenvalue weighted by atomic mass is 16.4. The predicted molar refractivity (Wildman–Crippen MR) is 59.8 cm³/mol. The Hall–Kier alpha value is -1.71. The molecule has 2 N–H and O–H groups in total. The van der Waals surface area contributed by atoms with E-state index in [9.17, 15) is 4.79 Å². The Morgan fingerprint density at radius 1 is 1.60 bits per heavy atom. The number of rotatable bonds is 2. The molecule has 0 aliphatic carbocycles. The summed E-state index contributed by atoms with van der Waals surface area (Å²) in [5.74, 6) is -0.876. The molecule has 0 spiro atoms. The van der Waals surface area contributed by atoms with Gasteiger partial charge in [0.25, 0.3) is 0 Å². The van der Waals surface area contributed by atoms with Crippen LogP contribution in [0.5, 0.6) is 0 Å². The third kappa shape index (κ3) is 1.75. The third-order valence-corrected chi connectivity index (χ3v) is 2.66. The first-order valence-corrected chi connectivity index (χ1v) is 5.08. The van der Waals surface area contributed by atoms with Crippen molar-refractivity contribution in [1.29, 1.82) is 0 Å². The summed E-state index contributed by atoms with van der Waals surface area (Å²) in [5.41, 5.74) is 2.35. The molecule has 4 heteroatoms. The number of hydrogen-bond donors (Lipinski definition) is 2. The van der Waals surface area contributed by atoms with Crippen molar-refractivity contribution < 1.29 is 9.90 Å². The van der Waals surface area contributed by atoms with Crippen LogP contribution in [0.25, 0.3) is 0 Å². The zero-order valence-corrected chi connectivity index (χ0v) is 8.66. The van der Waals surface area contributed by atoms with Gasteiger partial charge >= 0.3 is 5.97 Å². The Bertz CT molecular complexity index is 390. The molecule has 0 saturated heterocycles. The van der Waals surface area contributed by atoms with Crippen LogP contribution in [0.4, 0.5) is 11.4 Å². The molecule has 1 heterocycles. The van der Waals surface area contributed by atoms with Crippen molar-refractivity contribution in [3.05, 3.63) is 23.8 Å². The first-order valence-electron chi connectivity index (χ1n) is 5.08. The molecular formula is C11H14N2O2. The number of carboxylic acid groups (broad SMARTS) is 1. The van der Waals surface area contributed by atoms with Crippen LogP contribution < -0.4 is 10.2 Å². The minimum atomic E-state index is -0.876. The number of benzene rings is 1. The zero-order valence-electron chi connectivity index (χ0n) is 8.66. The van der Waals surface area contributed by atoms with E-state index in [0.29, 0.717) is 5.56 Å². The lowest BCUT2D eigenvalue weighted by molar-refractivity contribution is 0.0697. The van der Waals surface area contributed by atoms with Gasteiger partial charge in [-0.1, -0.05) is 0 Å². The van der Waals surface area contributed by atoms with Gasteiger partial charge in [-0.15, -0.1) is 0 Å². The van der Waals surface area contributed by atoms with Crippen LogP contribution in [0.15, 0.2) is 18.2 Å². The first kappa shape index (κ1) is 9.83. The molecule has 0 aromatic heterocycles. The summed E-state index contributed by atoms with van der Waals surface area (Å²) in [5, 5.41) is 12.2. The molecular weight excluding hydrogens is 192 g/mol. The van der Waals surface area contributed by atoms with Gasteiger partial charge in [0.2, 0.25) is 0 Å². The maximum Gasteiger partial charge on any atom is 0.335 e. The fraction of sp³-hybridized carbons (Fsp3) is 0.364. The number of nitrogens with zero attached hydrogens (tertiary/aromatic N) is 1. The van der Waals surface area contributed by atoms with Gasteiger partial charge in [0.15, 0.2) is 0 Å². The average molecular weight is 206 g/mol. The largest absolute Gasteiger partial charge is 0.478 e. The van der Waals surface area contributed by atoms with Crippen LogP contribution in [0.3, 0.4) is 0 Å². The van der Waals surface area contributed by atoms with Crippen LogP contribution in [0.1, 0.15) is 17.3 Å². The fourth-order valence-corrected chi connectivity index (χ4v) is 1.85. The summed E-state index contributed by atoms with van der Waals surface area (Å²) in [6.07, 6.45) is 0. The molecule has 0 amide bonds. The Labute approximate surface area is 88.5 Å². The molecule has 1 aromatic rings. The number of anilines is 2. The van der Waals surface area contributed by atoms with Crippen LogP contribution in [0.2, 0.25) is 0 Å². The van der Waals surface area contributed by atoms with Gasteiger partial charge in [-0.25, -0.2) is 4.79 Å². The van der Waals surface area contributed by atoms with Crippen LogP contribution in [0, 0.1) is 0 Å². The summed E-state index contributed by atoms with van der Waals surface area (Å²) in [4.78, 5) is 13.0. The van der Waals surface area contributed by atoms with E-state index in [1.54, 1.807) is 12.1 Å². The molecule has 0 fully saturated rings. The lowest BCUT2D eigenvalue weighted by Gasteiger charge is -2.31. The van der Waals surface area contributed by atoms with Gasteiger partial charge in [0.05, 0.1) is 16.9 Å². The minimum Gasteiger partial charge on any atom is -0.478 e. The van der Waals surface area contributed by atoms with Crippen LogP contribution in [-0.2, 0) is 0 Å². The Kier molecular flexibility index (Phi) is 2.49. The quantitative estimate of drug-likeness (QED) is 0.772. The molecule has 1 aromatic carbocycles. The van der Waals surface area contributed by atoms with Crippen LogP contribution >= 0.6 is 0 Å². The van der Waals surface area contributed by atoms with E-state index in [4.69, 9.17) is 5.11 Å². The smallest absolute Gasteiger partial charge is 0.335 e. The Morgan fingerprint density at radius 2 is 2.40 bits per heavy atom. The number of likely N-dealkylation sites (N-methyl/N-ethyl adjacent to an activating group) is 1. The highest BCUT2D eigenvalue weighted by molar-refractivity contribution is 5.91. The maximum atomic E-state index is 10.8. The molecule has 0 radical (unpaired) electrons. The Morgan fingerprint density at radius 3 is 3.07 bits per heavy atom. The van der Waals surface area contributed by atoms with E-state index in [2.05, 4.69) is 17.1 Å². The number of fused-ring (bicyclic) bond motifs is 1. The molecule has 0 atom stereocenters. The third-order valence-electron chi connectivity index (χ3n) is 2.66. The second kappa shape index (κ2) is 3.81. The second-order valence-electron chi connectivity index (χ2n) is 3.54. The van der Waals surface area contributed by atoms with Gasteiger partial charge in [-0.05, 0) is 25.1 Å². The average Bonchev–Trinajstić information content (AvgIpc) is 2.27. The molecule has 0 bridgehead atoms. The summed E-state index contributed by atoms with van der Waals surface area (Å²) in [6.45, 7) is 4.81. The molecule has 0 unspecified atom stereocenters. The van der Waals surface area contributed by atoms with E-state index in [-0.39, 0.29) is 0 Å². The van der Waals surface area contributed by atoms with Crippen molar-refractivity contribution in [2.24, 2.45) is 0 Å². The van der Waals surface area contributed by atoms with E-state index in [1.165, 1.54) is 0 Å². The molecule has 2 rings (SSSR count). The van der Waals surface area contributed by atoms with Gasteiger partial charge in [-0.3, -0.25) is 0 Å². The van der Waals surface area contributed by atoms with Crippen molar-refractivity contribution in [1.82, 2.24) is 0 Å². The Balaban J connectivity index is 2.43. The lowest BCUT2D eigenvalue weighted by atomic mass is 10.1. The summed E-state index contributed by atoms with van der Waals surface area (Å²) < 4.78 is 0. The lowest BCUT2D eigenvalue weighted by Crippen LogP contribution is -2.33. The maximum absolute atomic E-state index is 10.8. The normalized spacial score (nSPS) is 14.3. The second-order valence-corrected chi connectivity index (χ2v) is 3.54. The van der Waals surface area contributed by atoms with E-state index >= 15 is 0 Å². The van der Waals surface area contributed by atoms with Crippen molar-refractivity contribution in [2.45, 2.75) is 6.92 Å². The minimum absolute atomic E-state index is 0.343. The SMILES string of the molecule is CCN1CCNc2ccc(C(=O)O)cc21. The zero-order chi connectivity index (χ0) is 10.8. The highest BCUT2D eigenvalue weighted by Gasteiger charge is 2.16. The van der Waals surface area contributed by atoms with E-state index in [0.717, 1.165) is 31.0 Å². The van der Waals surface area contributed by atoms with Gasteiger partial charge < -0.3 is 15.3 Å². The van der Waals surface area contributed by atoms with Gasteiger partial charge in [-0.2, -0.15) is 0 Å². The van der Waals surface area contributed by atoms with Gasteiger partial charge in [0.1, 0.15) is 0 Å². The monoisotopic (exact) mass is 206 g/mol. The summed E-state index contributed by atoms with van der Waals surface area (Å²) in [7, 11) is 0. The van der Waals surface area contributed by atoms with Crippen molar-refractivity contribution in [3.63, 3.8) is 0 Å². The van der Waals surface area contributed by atoms with Gasteiger partial charge in [0, 0.05) is 19.6 Å². The van der Waals surface area contributed by atoms with E-state index in [1.807, 2.05) is 6.07 Å². The van der Waals surface area contributed by atoms with Crippen molar-refractivity contribution in [3.8, 4) is 0 Å². The summed E-state index contributed by atoms with van der Waals surface area (Å²) in [6, 6.07) is 5.20. The molecule has 1 aliphatic rings. The first-order chi connectivity index (χ1) is 7.22. The number of carbonyl (C=O) groups is 1. The molecule has 1 aliphatic heterocycles. The highest BCUT2D eigenvalue weighted by Crippen LogP contribution is 2.29. The van der Waals surface area contributed by atoms with Crippen molar-refractivity contribution >= 4 is 17.3 Å². The number of nitrogens with one attached hydrogen (secondary N) is 1. The molecule has 0 saturated carbocycles. The fourth-order valence-electron chi connectivity index (χ4n) is 1.85. The molecule has 4 nitrogen and oxygen atoms in total. The van der Waals surface area contributed by atoms with E-state index < -0.39 is 5.97 Å². The molecule has 15 heavy (non-hydrogen) atoms. The topological polar surface area (TPSA) is 52.6 Å². The van der Waals surface area contributed by atoms with Crippen molar-refractivity contribution in [2.75, 3.05) is 29.9 Å².